The number of rotatable bonds is 2. The van der Waals surface area contributed by atoms with E-state index in [1.165, 1.54) is 11.1 Å². The molecule has 116 valence electrons. The fourth-order valence-electron chi connectivity index (χ4n) is 2.84. The van der Waals surface area contributed by atoms with Gasteiger partial charge in [0, 0.05) is 29.3 Å². The summed E-state index contributed by atoms with van der Waals surface area (Å²) in [5.74, 6) is 0. The van der Waals surface area contributed by atoms with Gasteiger partial charge in [-0.25, -0.2) is 0 Å². The lowest BCUT2D eigenvalue weighted by atomic mass is 9.87. The molecular weight excluding hydrogens is 282 g/mol. The summed E-state index contributed by atoms with van der Waals surface area (Å²) in [6, 6.07) is 16.7. The molecule has 0 aliphatic heterocycles. The molecular formula is C20H21N3. The van der Waals surface area contributed by atoms with Crippen LogP contribution in [0.25, 0.3) is 10.9 Å². The molecule has 0 bridgehead atoms. The Labute approximate surface area is 137 Å². The van der Waals surface area contributed by atoms with Crippen LogP contribution in [0.15, 0.2) is 48.7 Å². The van der Waals surface area contributed by atoms with E-state index in [-0.39, 0.29) is 5.41 Å². The smallest absolute Gasteiger partial charge is 0.101 e. The van der Waals surface area contributed by atoms with Crippen LogP contribution in [-0.4, -0.2) is 4.57 Å². The van der Waals surface area contributed by atoms with Gasteiger partial charge in [0.15, 0.2) is 0 Å². The Kier molecular flexibility index (Phi) is 3.61. The maximum Gasteiger partial charge on any atom is 0.101 e. The number of nitrogens with two attached hydrogens (primary N) is 1. The SMILES string of the molecule is CC(C)(C)c1ccc(Cn2cc(C#N)c3cc(N)ccc32)cc1. The van der Waals surface area contributed by atoms with Gasteiger partial charge in [0.2, 0.25) is 0 Å². The van der Waals surface area contributed by atoms with Gasteiger partial charge in [-0.05, 0) is 34.7 Å². The van der Waals surface area contributed by atoms with Crippen molar-refractivity contribution >= 4 is 16.6 Å². The topological polar surface area (TPSA) is 54.7 Å². The normalized spacial score (nSPS) is 11.6. The fourth-order valence-corrected chi connectivity index (χ4v) is 2.84. The molecule has 1 aromatic heterocycles. The third kappa shape index (κ3) is 2.93. The molecule has 0 spiro atoms. The molecule has 0 aliphatic carbocycles. The number of nitriles is 1. The first-order chi connectivity index (χ1) is 10.9. The van der Waals surface area contributed by atoms with Crippen molar-refractivity contribution < 1.29 is 0 Å². The van der Waals surface area contributed by atoms with Crippen LogP contribution in [0.4, 0.5) is 5.69 Å². The molecule has 0 unspecified atom stereocenters. The standard InChI is InChI=1S/C20H21N3/c1-20(2,3)16-6-4-14(5-7-16)12-23-13-15(11-21)18-10-17(22)8-9-19(18)23/h4-10,13H,12,22H2,1-3H3. The minimum atomic E-state index is 0.157. The number of nitrogens with zero attached hydrogens (tertiary/aromatic N) is 2. The van der Waals surface area contributed by atoms with E-state index in [0.717, 1.165) is 17.4 Å². The average Bonchev–Trinajstić information content (AvgIpc) is 2.84. The Bertz CT molecular complexity index is 888. The van der Waals surface area contributed by atoms with Crippen molar-refractivity contribution in [2.24, 2.45) is 0 Å². The number of fused-ring (bicyclic) bond motifs is 1. The first-order valence-electron chi connectivity index (χ1n) is 7.76. The highest BCUT2D eigenvalue weighted by Gasteiger charge is 2.13. The molecule has 3 aromatic rings. The van der Waals surface area contributed by atoms with Crippen LogP contribution in [0.2, 0.25) is 0 Å². The van der Waals surface area contributed by atoms with Crippen molar-refractivity contribution in [2.45, 2.75) is 32.7 Å². The maximum atomic E-state index is 9.33. The van der Waals surface area contributed by atoms with Gasteiger partial charge in [0.25, 0.3) is 0 Å². The van der Waals surface area contributed by atoms with Gasteiger partial charge in [0.05, 0.1) is 5.56 Å². The molecule has 0 saturated carbocycles. The second kappa shape index (κ2) is 5.48. The summed E-state index contributed by atoms with van der Waals surface area (Å²) in [5, 5.41) is 10.2. The van der Waals surface area contributed by atoms with E-state index in [0.29, 0.717) is 11.3 Å². The molecule has 0 aliphatic rings. The lowest BCUT2D eigenvalue weighted by molar-refractivity contribution is 0.590. The van der Waals surface area contributed by atoms with Crippen LogP contribution in [0.1, 0.15) is 37.5 Å². The molecule has 23 heavy (non-hydrogen) atoms. The summed E-state index contributed by atoms with van der Waals surface area (Å²) >= 11 is 0. The summed E-state index contributed by atoms with van der Waals surface area (Å²) in [7, 11) is 0. The Morgan fingerprint density at radius 2 is 1.78 bits per heavy atom. The second-order valence-electron chi connectivity index (χ2n) is 7.01. The van der Waals surface area contributed by atoms with Crippen molar-refractivity contribution in [3.63, 3.8) is 0 Å². The van der Waals surface area contributed by atoms with Gasteiger partial charge < -0.3 is 10.3 Å². The number of benzene rings is 2. The van der Waals surface area contributed by atoms with Crippen LogP contribution in [-0.2, 0) is 12.0 Å². The Hall–Kier alpha value is -2.73. The van der Waals surface area contributed by atoms with Crippen molar-refractivity contribution in [3.8, 4) is 6.07 Å². The van der Waals surface area contributed by atoms with E-state index in [1.54, 1.807) is 0 Å². The molecule has 0 fully saturated rings. The van der Waals surface area contributed by atoms with E-state index >= 15 is 0 Å². The van der Waals surface area contributed by atoms with Crippen molar-refractivity contribution in [2.75, 3.05) is 5.73 Å². The van der Waals surface area contributed by atoms with Crippen LogP contribution in [0, 0.1) is 11.3 Å². The Morgan fingerprint density at radius 3 is 2.39 bits per heavy atom. The summed E-state index contributed by atoms with van der Waals surface area (Å²) in [4.78, 5) is 0. The van der Waals surface area contributed by atoms with Crippen LogP contribution in [0.5, 0.6) is 0 Å². The molecule has 0 atom stereocenters. The highest BCUT2D eigenvalue weighted by Crippen LogP contribution is 2.26. The number of hydrogen-bond acceptors (Lipinski definition) is 2. The minimum Gasteiger partial charge on any atom is -0.399 e. The van der Waals surface area contributed by atoms with Gasteiger partial charge in [-0.15, -0.1) is 0 Å². The molecule has 3 heteroatoms. The Morgan fingerprint density at radius 1 is 1.09 bits per heavy atom. The predicted octanol–water partition coefficient (Wildman–Crippen LogP) is 4.44. The van der Waals surface area contributed by atoms with Crippen LogP contribution >= 0.6 is 0 Å². The van der Waals surface area contributed by atoms with Crippen LogP contribution < -0.4 is 5.73 Å². The summed E-state index contributed by atoms with van der Waals surface area (Å²) in [6.07, 6.45) is 1.90. The van der Waals surface area contributed by atoms with E-state index in [9.17, 15) is 5.26 Å². The first kappa shape index (κ1) is 15.2. The lowest BCUT2D eigenvalue weighted by Crippen LogP contribution is -2.10. The zero-order valence-corrected chi connectivity index (χ0v) is 13.8. The van der Waals surface area contributed by atoms with E-state index < -0.39 is 0 Å². The largest absolute Gasteiger partial charge is 0.399 e. The average molecular weight is 303 g/mol. The van der Waals surface area contributed by atoms with Crippen LogP contribution in [0.3, 0.4) is 0 Å². The molecule has 2 N–H and O–H groups in total. The number of anilines is 1. The highest BCUT2D eigenvalue weighted by atomic mass is 15.0. The molecule has 0 saturated heterocycles. The summed E-state index contributed by atoms with van der Waals surface area (Å²) in [6.45, 7) is 7.38. The molecule has 3 rings (SSSR count). The Balaban J connectivity index is 1.97. The lowest BCUT2D eigenvalue weighted by Gasteiger charge is -2.19. The summed E-state index contributed by atoms with van der Waals surface area (Å²) < 4.78 is 2.11. The molecule has 1 heterocycles. The van der Waals surface area contributed by atoms with Gasteiger partial charge in [-0.2, -0.15) is 5.26 Å². The zero-order chi connectivity index (χ0) is 16.6. The van der Waals surface area contributed by atoms with Crippen molar-refractivity contribution in [1.29, 1.82) is 5.26 Å². The van der Waals surface area contributed by atoms with Gasteiger partial charge in [0.1, 0.15) is 6.07 Å². The van der Waals surface area contributed by atoms with E-state index in [1.807, 2.05) is 24.4 Å². The van der Waals surface area contributed by atoms with Crippen molar-refractivity contribution in [1.82, 2.24) is 4.57 Å². The number of aromatic nitrogens is 1. The monoisotopic (exact) mass is 303 g/mol. The van der Waals surface area contributed by atoms with Gasteiger partial charge in [-0.1, -0.05) is 45.0 Å². The zero-order valence-electron chi connectivity index (χ0n) is 13.8. The first-order valence-corrected chi connectivity index (χ1v) is 7.76. The third-order valence-corrected chi connectivity index (χ3v) is 4.20. The third-order valence-electron chi connectivity index (χ3n) is 4.20. The van der Waals surface area contributed by atoms with Gasteiger partial charge >= 0.3 is 0 Å². The second-order valence-corrected chi connectivity index (χ2v) is 7.01. The minimum absolute atomic E-state index is 0.157. The van der Waals surface area contributed by atoms with E-state index in [2.05, 4.69) is 55.7 Å². The molecule has 3 nitrogen and oxygen atoms in total. The fraction of sp³-hybridized carbons (Fsp3) is 0.250. The highest BCUT2D eigenvalue weighted by molar-refractivity contribution is 5.89. The summed E-state index contributed by atoms with van der Waals surface area (Å²) in [5.41, 5.74) is 10.9. The predicted molar refractivity (Wildman–Crippen MR) is 95.3 cm³/mol. The molecule has 0 amide bonds. The molecule has 2 aromatic carbocycles. The van der Waals surface area contributed by atoms with Crippen molar-refractivity contribution in [3.05, 3.63) is 65.4 Å². The molecule has 0 radical (unpaired) electrons. The maximum absolute atomic E-state index is 9.33. The number of nitrogen functional groups attached to an aromatic ring is 1. The van der Waals surface area contributed by atoms with Gasteiger partial charge in [-0.3, -0.25) is 0 Å². The number of hydrogen-bond donors (Lipinski definition) is 1. The van der Waals surface area contributed by atoms with E-state index in [4.69, 9.17) is 5.73 Å². The quantitative estimate of drug-likeness (QED) is 0.711.